The second-order valence-electron chi connectivity index (χ2n) is 3.17. The van der Waals surface area contributed by atoms with Gasteiger partial charge in [0, 0.05) is 23.0 Å². The van der Waals surface area contributed by atoms with Gasteiger partial charge in [0.15, 0.2) is 0 Å². The van der Waals surface area contributed by atoms with Crippen LogP contribution in [0.2, 0.25) is 0 Å². The van der Waals surface area contributed by atoms with Crippen LogP contribution in [0, 0.1) is 0 Å². The van der Waals surface area contributed by atoms with Gasteiger partial charge in [-0.05, 0) is 0 Å². The molecule has 1 aliphatic heterocycles. The van der Waals surface area contributed by atoms with E-state index in [0.29, 0.717) is 13.2 Å². The summed E-state index contributed by atoms with van der Waals surface area (Å²) in [6.45, 7) is 0.867. The van der Waals surface area contributed by atoms with Crippen LogP contribution in [-0.2, 0) is 19.1 Å². The maximum atomic E-state index is 11.2. The quantitative estimate of drug-likeness (QED) is 0.615. The lowest BCUT2D eigenvalue weighted by Crippen LogP contribution is -2.13. The van der Waals surface area contributed by atoms with Crippen LogP contribution in [0.1, 0.15) is 12.8 Å². The molecule has 92 valence electrons. The van der Waals surface area contributed by atoms with Crippen molar-refractivity contribution in [1.29, 1.82) is 0 Å². The molecule has 0 radical (unpaired) electrons. The van der Waals surface area contributed by atoms with Gasteiger partial charge in [-0.2, -0.15) is 23.5 Å². The van der Waals surface area contributed by atoms with Gasteiger partial charge in [-0.25, -0.2) is 0 Å². The number of thioether (sulfide) groups is 2. The highest BCUT2D eigenvalue weighted by molar-refractivity contribution is 8.02. The number of esters is 2. The van der Waals surface area contributed by atoms with E-state index in [1.54, 1.807) is 23.5 Å². The van der Waals surface area contributed by atoms with E-state index in [0.717, 1.165) is 23.0 Å². The predicted molar refractivity (Wildman–Crippen MR) is 65.8 cm³/mol. The van der Waals surface area contributed by atoms with E-state index in [1.165, 1.54) is 0 Å². The molecule has 16 heavy (non-hydrogen) atoms. The highest BCUT2D eigenvalue weighted by atomic mass is 32.2. The molecule has 0 N–H and O–H groups in total. The Bertz CT molecular complexity index is 209. The standard InChI is InChI=1S/C10H16O4S2/c11-9-1-2-10(12)14-4-6-16-8-7-15-5-3-13-9/h1-8H2. The number of hydrogen-bond donors (Lipinski definition) is 0. The summed E-state index contributed by atoms with van der Waals surface area (Å²) in [5.74, 6) is 3.10. The van der Waals surface area contributed by atoms with Gasteiger partial charge < -0.3 is 9.47 Å². The molecule has 0 unspecified atom stereocenters. The van der Waals surface area contributed by atoms with Crippen LogP contribution in [0.15, 0.2) is 0 Å². The fourth-order valence-electron chi connectivity index (χ4n) is 1.10. The molecule has 1 aliphatic rings. The highest BCUT2D eigenvalue weighted by Crippen LogP contribution is 2.08. The van der Waals surface area contributed by atoms with Crippen molar-refractivity contribution < 1.29 is 19.1 Å². The summed E-state index contributed by atoms with van der Waals surface area (Å²) in [5, 5.41) is 0. The van der Waals surface area contributed by atoms with E-state index >= 15 is 0 Å². The van der Waals surface area contributed by atoms with Crippen LogP contribution in [0.4, 0.5) is 0 Å². The molecular weight excluding hydrogens is 248 g/mol. The average molecular weight is 264 g/mol. The van der Waals surface area contributed by atoms with Crippen LogP contribution in [0.3, 0.4) is 0 Å². The molecule has 0 bridgehead atoms. The van der Waals surface area contributed by atoms with Crippen molar-refractivity contribution in [3.05, 3.63) is 0 Å². The number of carbonyl (C=O) groups excluding carboxylic acids is 2. The Morgan fingerprint density at radius 1 is 0.750 bits per heavy atom. The van der Waals surface area contributed by atoms with Crippen molar-refractivity contribution in [3.8, 4) is 0 Å². The van der Waals surface area contributed by atoms with Crippen LogP contribution in [0.5, 0.6) is 0 Å². The molecule has 6 heteroatoms. The van der Waals surface area contributed by atoms with Crippen molar-refractivity contribution in [2.75, 3.05) is 36.2 Å². The van der Waals surface area contributed by atoms with Gasteiger partial charge in [-0.1, -0.05) is 0 Å². The largest absolute Gasteiger partial charge is 0.465 e. The van der Waals surface area contributed by atoms with Crippen molar-refractivity contribution in [2.24, 2.45) is 0 Å². The summed E-state index contributed by atoms with van der Waals surface area (Å²) >= 11 is 3.55. The summed E-state index contributed by atoms with van der Waals surface area (Å²) in [4.78, 5) is 22.3. The first-order chi connectivity index (χ1) is 7.79. The fraction of sp³-hybridized carbons (Fsp3) is 0.800. The first-order valence-corrected chi connectivity index (χ1v) is 7.57. The normalized spacial score (nSPS) is 21.8. The number of ether oxygens (including phenoxy) is 2. The van der Waals surface area contributed by atoms with E-state index in [9.17, 15) is 9.59 Å². The van der Waals surface area contributed by atoms with Crippen LogP contribution in [0.25, 0.3) is 0 Å². The van der Waals surface area contributed by atoms with Gasteiger partial charge >= 0.3 is 11.9 Å². The lowest BCUT2D eigenvalue weighted by atomic mass is 10.3. The minimum atomic E-state index is -0.316. The Balaban J connectivity index is 2.25. The van der Waals surface area contributed by atoms with E-state index in [2.05, 4.69) is 0 Å². The number of hydrogen-bond acceptors (Lipinski definition) is 6. The molecule has 0 saturated carbocycles. The third-order valence-corrected chi connectivity index (χ3v) is 4.04. The summed E-state index contributed by atoms with van der Waals surface area (Å²) in [6, 6.07) is 0. The Morgan fingerprint density at radius 2 is 1.19 bits per heavy atom. The molecule has 0 spiro atoms. The fourth-order valence-corrected chi connectivity index (χ4v) is 2.85. The van der Waals surface area contributed by atoms with E-state index in [4.69, 9.17) is 9.47 Å². The van der Waals surface area contributed by atoms with Crippen molar-refractivity contribution in [2.45, 2.75) is 12.8 Å². The molecule has 0 atom stereocenters. The van der Waals surface area contributed by atoms with Gasteiger partial charge in [0.25, 0.3) is 0 Å². The van der Waals surface area contributed by atoms with Gasteiger partial charge in [-0.15, -0.1) is 0 Å². The first-order valence-electron chi connectivity index (χ1n) is 5.26. The van der Waals surface area contributed by atoms with E-state index in [1.807, 2.05) is 0 Å². The van der Waals surface area contributed by atoms with E-state index < -0.39 is 0 Å². The zero-order chi connectivity index (χ0) is 11.6. The minimum absolute atomic E-state index is 0.122. The smallest absolute Gasteiger partial charge is 0.306 e. The Hall–Kier alpha value is -0.360. The summed E-state index contributed by atoms with van der Waals surface area (Å²) < 4.78 is 9.92. The second-order valence-corrected chi connectivity index (χ2v) is 5.62. The number of carbonyl (C=O) groups is 2. The molecule has 1 heterocycles. The molecule has 0 aliphatic carbocycles. The number of cyclic esters (lactones) is 2. The summed E-state index contributed by atoms with van der Waals surface area (Å²) in [6.07, 6.45) is 0.243. The van der Waals surface area contributed by atoms with Crippen molar-refractivity contribution >= 4 is 35.5 Å². The SMILES string of the molecule is O=C1CCC(=O)OCCSCCSCCO1. The molecule has 1 rings (SSSR count). The molecule has 0 aromatic heterocycles. The van der Waals surface area contributed by atoms with Crippen LogP contribution >= 0.6 is 23.5 Å². The molecule has 0 amide bonds. The molecule has 1 saturated heterocycles. The minimum Gasteiger partial charge on any atom is -0.465 e. The third kappa shape index (κ3) is 7.00. The molecule has 4 nitrogen and oxygen atoms in total. The molecule has 0 aromatic rings. The molecule has 1 fully saturated rings. The zero-order valence-electron chi connectivity index (χ0n) is 9.11. The Morgan fingerprint density at radius 3 is 1.62 bits per heavy atom. The van der Waals surface area contributed by atoms with Gasteiger partial charge in [-0.3, -0.25) is 9.59 Å². The van der Waals surface area contributed by atoms with Gasteiger partial charge in [0.2, 0.25) is 0 Å². The lowest BCUT2D eigenvalue weighted by Gasteiger charge is -2.07. The summed E-state index contributed by atoms with van der Waals surface area (Å²) in [7, 11) is 0. The van der Waals surface area contributed by atoms with Crippen LogP contribution < -0.4 is 0 Å². The maximum Gasteiger partial charge on any atom is 0.306 e. The monoisotopic (exact) mass is 264 g/mol. The lowest BCUT2D eigenvalue weighted by molar-refractivity contribution is -0.149. The third-order valence-electron chi connectivity index (χ3n) is 1.89. The molecular formula is C10H16O4S2. The first kappa shape index (κ1) is 13.7. The zero-order valence-corrected chi connectivity index (χ0v) is 10.7. The average Bonchev–Trinajstić information content (AvgIpc) is 2.28. The number of rotatable bonds is 0. The maximum absolute atomic E-state index is 11.2. The van der Waals surface area contributed by atoms with Gasteiger partial charge in [0.05, 0.1) is 12.8 Å². The van der Waals surface area contributed by atoms with Crippen molar-refractivity contribution in [1.82, 2.24) is 0 Å². The summed E-state index contributed by atoms with van der Waals surface area (Å²) in [5.41, 5.74) is 0. The van der Waals surface area contributed by atoms with Gasteiger partial charge in [0.1, 0.15) is 13.2 Å². The topological polar surface area (TPSA) is 52.6 Å². The van der Waals surface area contributed by atoms with Crippen LogP contribution in [-0.4, -0.2) is 48.2 Å². The molecule has 0 aromatic carbocycles. The predicted octanol–water partition coefficient (Wildman–Crippen LogP) is 1.33. The second kappa shape index (κ2) is 8.75. The van der Waals surface area contributed by atoms with E-state index in [-0.39, 0.29) is 24.8 Å². The Kier molecular flexibility index (Phi) is 7.50. The Labute approximate surface area is 104 Å². The highest BCUT2D eigenvalue weighted by Gasteiger charge is 2.09. The van der Waals surface area contributed by atoms with Crippen molar-refractivity contribution in [3.63, 3.8) is 0 Å².